The van der Waals surface area contributed by atoms with Gasteiger partial charge in [-0.1, -0.05) is 19.3 Å². The summed E-state index contributed by atoms with van der Waals surface area (Å²) in [5, 5.41) is 12.7. The highest BCUT2D eigenvalue weighted by molar-refractivity contribution is 5.75. The summed E-state index contributed by atoms with van der Waals surface area (Å²) in [5.74, 6) is 0. The van der Waals surface area contributed by atoms with E-state index in [-0.39, 0.29) is 12.6 Å². The molecule has 3 aliphatic rings. The molecule has 0 aromatic carbocycles. The van der Waals surface area contributed by atoms with Crippen molar-refractivity contribution in [3.8, 4) is 0 Å². The van der Waals surface area contributed by atoms with Crippen LogP contribution in [0, 0.1) is 0 Å². The van der Waals surface area contributed by atoms with E-state index in [9.17, 15) is 9.90 Å². The lowest BCUT2D eigenvalue weighted by atomic mass is 9.96. The van der Waals surface area contributed by atoms with E-state index in [1.807, 2.05) is 0 Å². The van der Waals surface area contributed by atoms with Crippen molar-refractivity contribution >= 4 is 6.03 Å². The molecule has 5 nitrogen and oxygen atoms in total. The molecule has 0 aromatic rings. The van der Waals surface area contributed by atoms with Gasteiger partial charge in [0, 0.05) is 31.2 Å². The van der Waals surface area contributed by atoms with Gasteiger partial charge < -0.3 is 15.3 Å². The summed E-state index contributed by atoms with van der Waals surface area (Å²) in [5.41, 5.74) is 0. The number of hydrogen-bond donors (Lipinski definition) is 2. The molecule has 1 aliphatic carbocycles. The Morgan fingerprint density at radius 2 is 1.68 bits per heavy atom. The van der Waals surface area contributed by atoms with Gasteiger partial charge in [-0.15, -0.1) is 0 Å². The zero-order valence-electron chi connectivity index (χ0n) is 13.7. The number of carbonyl (C=O) groups excluding carboxylic acids is 1. The predicted molar refractivity (Wildman–Crippen MR) is 86.8 cm³/mol. The van der Waals surface area contributed by atoms with Crippen LogP contribution in [0.4, 0.5) is 4.79 Å². The van der Waals surface area contributed by atoms with E-state index in [4.69, 9.17) is 0 Å². The van der Waals surface area contributed by atoms with Crippen molar-refractivity contribution in [3.63, 3.8) is 0 Å². The molecule has 2 amide bonds. The number of aliphatic hydroxyl groups excluding tert-OH is 1. The van der Waals surface area contributed by atoms with Gasteiger partial charge in [-0.05, 0) is 45.1 Å². The average molecular weight is 309 g/mol. The van der Waals surface area contributed by atoms with Crippen molar-refractivity contribution in [3.05, 3.63) is 0 Å². The molecule has 0 bridgehead atoms. The Morgan fingerprint density at radius 1 is 0.955 bits per heavy atom. The second-order valence-corrected chi connectivity index (χ2v) is 7.25. The number of amides is 2. The first-order valence-electron chi connectivity index (χ1n) is 9.20. The van der Waals surface area contributed by atoms with Crippen LogP contribution >= 0.6 is 0 Å². The monoisotopic (exact) mass is 309 g/mol. The molecule has 0 aromatic heterocycles. The van der Waals surface area contributed by atoms with Crippen LogP contribution in [0.5, 0.6) is 0 Å². The van der Waals surface area contributed by atoms with Crippen LogP contribution in [0.2, 0.25) is 0 Å². The number of carbonyl (C=O) groups is 1. The molecular weight excluding hydrogens is 278 g/mol. The smallest absolute Gasteiger partial charge is 0.317 e. The number of urea groups is 1. The molecule has 2 saturated heterocycles. The standard InChI is InChI=1S/C17H31N3O2/c21-13-16-9-4-10-19(16)12-15-8-5-11-20(15)17(22)18-14-6-2-1-3-7-14/h14-16,21H,1-13H2,(H,18,22). The maximum atomic E-state index is 12.6. The van der Waals surface area contributed by atoms with Gasteiger partial charge in [0.1, 0.15) is 0 Å². The summed E-state index contributed by atoms with van der Waals surface area (Å²) in [4.78, 5) is 17.0. The van der Waals surface area contributed by atoms with Gasteiger partial charge in [0.25, 0.3) is 0 Å². The van der Waals surface area contributed by atoms with Crippen LogP contribution in [0.1, 0.15) is 57.8 Å². The lowest BCUT2D eigenvalue weighted by Gasteiger charge is -2.33. The van der Waals surface area contributed by atoms with Crippen LogP contribution in [-0.4, -0.2) is 65.3 Å². The Balaban J connectivity index is 1.52. The first kappa shape index (κ1) is 16.1. The third-order valence-corrected chi connectivity index (χ3v) is 5.73. The Bertz CT molecular complexity index is 371. The number of nitrogens with zero attached hydrogens (tertiary/aromatic N) is 2. The molecule has 1 saturated carbocycles. The first-order chi connectivity index (χ1) is 10.8. The van der Waals surface area contributed by atoms with Gasteiger partial charge in [-0.25, -0.2) is 4.79 Å². The molecule has 0 spiro atoms. The summed E-state index contributed by atoms with van der Waals surface area (Å²) in [6.07, 6.45) is 10.6. The number of rotatable bonds is 4. The van der Waals surface area contributed by atoms with E-state index in [0.29, 0.717) is 18.1 Å². The van der Waals surface area contributed by atoms with E-state index in [0.717, 1.165) is 51.7 Å². The minimum Gasteiger partial charge on any atom is -0.395 e. The van der Waals surface area contributed by atoms with E-state index in [1.54, 1.807) is 0 Å². The minimum atomic E-state index is 0.147. The van der Waals surface area contributed by atoms with Crippen LogP contribution in [-0.2, 0) is 0 Å². The van der Waals surface area contributed by atoms with Gasteiger partial charge in [-0.3, -0.25) is 4.90 Å². The third kappa shape index (κ3) is 3.74. The molecule has 2 N–H and O–H groups in total. The maximum Gasteiger partial charge on any atom is 0.317 e. The lowest BCUT2D eigenvalue weighted by molar-refractivity contribution is 0.125. The van der Waals surface area contributed by atoms with Crippen molar-refractivity contribution in [1.82, 2.24) is 15.1 Å². The van der Waals surface area contributed by atoms with Gasteiger partial charge >= 0.3 is 6.03 Å². The summed E-state index contributed by atoms with van der Waals surface area (Å²) in [6.45, 7) is 3.14. The second-order valence-electron chi connectivity index (χ2n) is 7.25. The van der Waals surface area contributed by atoms with E-state index < -0.39 is 0 Å². The molecule has 126 valence electrons. The van der Waals surface area contributed by atoms with Crippen molar-refractivity contribution in [1.29, 1.82) is 0 Å². The molecule has 5 heteroatoms. The first-order valence-corrected chi connectivity index (χ1v) is 9.20. The van der Waals surface area contributed by atoms with Crippen LogP contribution < -0.4 is 5.32 Å². The Kier molecular flexibility index (Phi) is 5.58. The van der Waals surface area contributed by atoms with Gasteiger partial charge in [-0.2, -0.15) is 0 Å². The molecule has 3 fully saturated rings. The number of nitrogens with one attached hydrogen (secondary N) is 1. The normalized spacial score (nSPS) is 30.9. The molecule has 2 aliphatic heterocycles. The number of likely N-dealkylation sites (tertiary alicyclic amines) is 2. The van der Waals surface area contributed by atoms with Crippen LogP contribution in [0.15, 0.2) is 0 Å². The summed E-state index contributed by atoms with van der Waals surface area (Å²) >= 11 is 0. The van der Waals surface area contributed by atoms with Crippen LogP contribution in [0.25, 0.3) is 0 Å². The quantitative estimate of drug-likeness (QED) is 0.834. The molecule has 2 unspecified atom stereocenters. The molecule has 22 heavy (non-hydrogen) atoms. The van der Waals surface area contributed by atoms with E-state index in [1.165, 1.54) is 25.7 Å². The molecule has 2 atom stereocenters. The van der Waals surface area contributed by atoms with Crippen molar-refractivity contribution < 1.29 is 9.90 Å². The molecule has 2 heterocycles. The molecule has 0 radical (unpaired) electrons. The summed E-state index contributed by atoms with van der Waals surface area (Å²) < 4.78 is 0. The second kappa shape index (κ2) is 7.64. The van der Waals surface area contributed by atoms with Crippen molar-refractivity contribution in [2.45, 2.75) is 75.9 Å². The van der Waals surface area contributed by atoms with Gasteiger partial charge in [0.05, 0.1) is 6.61 Å². The zero-order chi connectivity index (χ0) is 15.4. The molecule has 3 rings (SSSR count). The Morgan fingerprint density at radius 3 is 2.45 bits per heavy atom. The van der Waals surface area contributed by atoms with E-state index >= 15 is 0 Å². The third-order valence-electron chi connectivity index (χ3n) is 5.73. The molecular formula is C17H31N3O2. The van der Waals surface area contributed by atoms with Crippen molar-refractivity contribution in [2.24, 2.45) is 0 Å². The highest BCUT2D eigenvalue weighted by Crippen LogP contribution is 2.24. The topological polar surface area (TPSA) is 55.8 Å². The fourth-order valence-electron chi connectivity index (χ4n) is 4.41. The fourth-order valence-corrected chi connectivity index (χ4v) is 4.41. The Labute approximate surface area is 134 Å². The SMILES string of the molecule is O=C(NC1CCCCC1)N1CCCC1CN1CCCC1CO. The minimum absolute atomic E-state index is 0.147. The van der Waals surface area contributed by atoms with Crippen LogP contribution in [0.3, 0.4) is 0 Å². The largest absolute Gasteiger partial charge is 0.395 e. The fraction of sp³-hybridized carbons (Fsp3) is 0.941. The highest BCUT2D eigenvalue weighted by Gasteiger charge is 2.34. The highest BCUT2D eigenvalue weighted by atomic mass is 16.3. The van der Waals surface area contributed by atoms with Crippen molar-refractivity contribution in [2.75, 3.05) is 26.2 Å². The zero-order valence-corrected chi connectivity index (χ0v) is 13.7. The van der Waals surface area contributed by atoms with Gasteiger partial charge in [0.2, 0.25) is 0 Å². The Hall–Kier alpha value is -0.810. The maximum absolute atomic E-state index is 12.6. The lowest BCUT2D eigenvalue weighted by Crippen LogP contribution is -2.51. The average Bonchev–Trinajstić information content (AvgIpc) is 3.17. The summed E-state index contributed by atoms with van der Waals surface area (Å²) in [7, 11) is 0. The summed E-state index contributed by atoms with van der Waals surface area (Å²) in [6, 6.07) is 1.17. The predicted octanol–water partition coefficient (Wildman–Crippen LogP) is 1.95. The number of hydrogen-bond acceptors (Lipinski definition) is 3. The number of aliphatic hydroxyl groups is 1. The van der Waals surface area contributed by atoms with E-state index in [2.05, 4.69) is 15.1 Å². The van der Waals surface area contributed by atoms with Gasteiger partial charge in [0.15, 0.2) is 0 Å².